The first-order valence-electron chi connectivity index (χ1n) is 7.11. The Morgan fingerprint density at radius 3 is 3.27 bits per heavy atom. The summed E-state index contributed by atoms with van der Waals surface area (Å²) in [5.74, 6) is -0.183. The Bertz CT molecular complexity index is 820. The average Bonchev–Trinajstić information content (AvgIpc) is 3.09. The third-order valence-electron chi connectivity index (χ3n) is 3.78. The number of nitrogens with zero attached hydrogens (tertiary/aromatic N) is 3. The number of rotatable bonds is 2. The monoisotopic (exact) mass is 313 g/mol. The molecule has 22 heavy (non-hydrogen) atoms. The van der Waals surface area contributed by atoms with E-state index >= 15 is 0 Å². The van der Waals surface area contributed by atoms with Crippen molar-refractivity contribution >= 4 is 33.4 Å². The fraction of sp³-hybridized carbons (Fsp3) is 0.267. The summed E-state index contributed by atoms with van der Waals surface area (Å²) in [6, 6.07) is 5.49. The van der Waals surface area contributed by atoms with Crippen LogP contribution in [0.25, 0.3) is 11.0 Å². The molecule has 1 amide bonds. The van der Waals surface area contributed by atoms with Crippen LogP contribution in [-0.2, 0) is 13.0 Å². The second kappa shape index (κ2) is 5.19. The minimum Gasteiger partial charge on any atom is -0.349 e. The molecule has 0 radical (unpaired) electrons. The number of thiazole rings is 1. The first kappa shape index (κ1) is 13.4. The number of anilines is 1. The van der Waals surface area contributed by atoms with E-state index in [1.165, 1.54) is 4.88 Å². The summed E-state index contributed by atoms with van der Waals surface area (Å²) in [6.07, 6.45) is 2.65. The summed E-state index contributed by atoms with van der Waals surface area (Å²) < 4.78 is 0. The molecular formula is C15H15N5OS. The highest BCUT2D eigenvalue weighted by molar-refractivity contribution is 7.15. The minimum absolute atomic E-state index is 0.183. The molecule has 4 heterocycles. The maximum absolute atomic E-state index is 12.3. The van der Waals surface area contributed by atoms with Crippen LogP contribution in [0.4, 0.5) is 5.13 Å². The van der Waals surface area contributed by atoms with Crippen LogP contribution >= 0.6 is 11.3 Å². The minimum atomic E-state index is -0.183. The van der Waals surface area contributed by atoms with Crippen LogP contribution < -0.4 is 5.32 Å². The van der Waals surface area contributed by atoms with E-state index in [0.717, 1.165) is 36.2 Å². The molecule has 4 rings (SSSR count). The van der Waals surface area contributed by atoms with Crippen LogP contribution in [0.1, 0.15) is 21.1 Å². The van der Waals surface area contributed by atoms with Crippen LogP contribution in [0, 0.1) is 0 Å². The van der Waals surface area contributed by atoms with E-state index in [9.17, 15) is 4.79 Å². The summed E-state index contributed by atoms with van der Waals surface area (Å²) >= 11 is 1.55. The zero-order valence-electron chi connectivity index (χ0n) is 12.1. The number of hydrogen-bond donors (Lipinski definition) is 2. The number of nitrogens with one attached hydrogen (secondary N) is 2. The molecule has 0 saturated heterocycles. The molecule has 7 heteroatoms. The molecule has 0 saturated carbocycles. The first-order chi connectivity index (χ1) is 10.7. The number of fused-ring (bicyclic) bond motifs is 2. The second-order valence-corrected chi connectivity index (χ2v) is 6.53. The number of carbonyl (C=O) groups excluding carboxylic acids is 1. The van der Waals surface area contributed by atoms with Crippen LogP contribution in [0.2, 0.25) is 0 Å². The fourth-order valence-corrected chi connectivity index (χ4v) is 3.70. The van der Waals surface area contributed by atoms with E-state index < -0.39 is 0 Å². The SMILES string of the molecule is CN1CCc2nc(NC(=O)c3cc4ncccc4[nH]3)sc2C1. The van der Waals surface area contributed by atoms with E-state index in [4.69, 9.17) is 0 Å². The molecule has 0 aliphatic carbocycles. The molecule has 6 nitrogen and oxygen atoms in total. The lowest BCUT2D eigenvalue weighted by atomic mass is 10.2. The van der Waals surface area contributed by atoms with Gasteiger partial charge in [-0.2, -0.15) is 0 Å². The van der Waals surface area contributed by atoms with Crippen LogP contribution in [0.5, 0.6) is 0 Å². The van der Waals surface area contributed by atoms with Gasteiger partial charge in [-0.1, -0.05) is 0 Å². The van der Waals surface area contributed by atoms with Crippen molar-refractivity contribution in [3.8, 4) is 0 Å². The van der Waals surface area contributed by atoms with Crippen LogP contribution in [0.15, 0.2) is 24.4 Å². The van der Waals surface area contributed by atoms with E-state index in [1.807, 2.05) is 12.1 Å². The third-order valence-corrected chi connectivity index (χ3v) is 4.77. The number of likely N-dealkylation sites (N-methyl/N-ethyl adjacent to an activating group) is 1. The Labute approximate surface area is 131 Å². The highest BCUT2D eigenvalue weighted by atomic mass is 32.1. The lowest BCUT2D eigenvalue weighted by Gasteiger charge is -2.20. The van der Waals surface area contributed by atoms with Crippen LogP contribution in [0.3, 0.4) is 0 Å². The van der Waals surface area contributed by atoms with Crippen molar-refractivity contribution in [2.75, 3.05) is 18.9 Å². The first-order valence-corrected chi connectivity index (χ1v) is 7.93. The largest absolute Gasteiger partial charge is 0.349 e. The topological polar surface area (TPSA) is 73.9 Å². The molecule has 1 aliphatic rings. The fourth-order valence-electron chi connectivity index (χ4n) is 2.62. The molecule has 0 fully saturated rings. The van der Waals surface area contributed by atoms with Gasteiger partial charge in [-0.15, -0.1) is 11.3 Å². The lowest BCUT2D eigenvalue weighted by molar-refractivity contribution is 0.102. The summed E-state index contributed by atoms with van der Waals surface area (Å²) in [6.45, 7) is 1.91. The zero-order valence-corrected chi connectivity index (χ0v) is 12.9. The predicted molar refractivity (Wildman–Crippen MR) is 86.2 cm³/mol. The quantitative estimate of drug-likeness (QED) is 0.761. The molecule has 0 bridgehead atoms. The number of pyridine rings is 1. The van der Waals surface area contributed by atoms with Gasteiger partial charge < -0.3 is 9.88 Å². The van der Waals surface area contributed by atoms with Crippen molar-refractivity contribution < 1.29 is 4.79 Å². The molecule has 0 spiro atoms. The standard InChI is InChI=1S/C15H15N5OS/c1-20-6-4-10-13(8-20)22-15(18-10)19-14(21)12-7-11-9(17-12)3-2-5-16-11/h2-3,5,7,17H,4,6,8H2,1H3,(H,18,19,21). The molecule has 0 atom stereocenters. The van der Waals surface area contributed by atoms with Gasteiger partial charge in [0.25, 0.3) is 5.91 Å². The van der Waals surface area contributed by atoms with Crippen molar-refractivity contribution in [3.63, 3.8) is 0 Å². The average molecular weight is 313 g/mol. The van der Waals surface area contributed by atoms with Gasteiger partial charge in [0, 0.05) is 30.6 Å². The maximum Gasteiger partial charge on any atom is 0.273 e. The van der Waals surface area contributed by atoms with Gasteiger partial charge in [-0.3, -0.25) is 15.1 Å². The van der Waals surface area contributed by atoms with Gasteiger partial charge in [0.2, 0.25) is 0 Å². The number of aromatic nitrogens is 3. The second-order valence-electron chi connectivity index (χ2n) is 5.45. The van der Waals surface area contributed by atoms with Crippen molar-refractivity contribution in [1.82, 2.24) is 19.9 Å². The third kappa shape index (κ3) is 2.38. The number of carbonyl (C=O) groups is 1. The number of H-pyrrole nitrogens is 1. The molecule has 3 aromatic rings. The molecule has 0 unspecified atom stereocenters. The van der Waals surface area contributed by atoms with Crippen molar-refractivity contribution in [2.24, 2.45) is 0 Å². The number of amides is 1. The van der Waals surface area contributed by atoms with Gasteiger partial charge in [-0.25, -0.2) is 4.98 Å². The van der Waals surface area contributed by atoms with Crippen molar-refractivity contribution in [2.45, 2.75) is 13.0 Å². The van der Waals surface area contributed by atoms with Gasteiger partial charge in [-0.05, 0) is 25.2 Å². The van der Waals surface area contributed by atoms with Crippen molar-refractivity contribution in [1.29, 1.82) is 0 Å². The predicted octanol–water partition coefficient (Wildman–Crippen LogP) is 2.26. The zero-order chi connectivity index (χ0) is 15.1. The molecule has 1 aliphatic heterocycles. The number of hydrogen-bond acceptors (Lipinski definition) is 5. The maximum atomic E-state index is 12.3. The Morgan fingerprint density at radius 2 is 2.41 bits per heavy atom. The Morgan fingerprint density at radius 1 is 1.50 bits per heavy atom. The van der Waals surface area contributed by atoms with Crippen molar-refractivity contribution in [3.05, 3.63) is 40.7 Å². The smallest absolute Gasteiger partial charge is 0.273 e. The van der Waals surface area contributed by atoms with Gasteiger partial charge >= 0.3 is 0 Å². The molecule has 3 aromatic heterocycles. The van der Waals surface area contributed by atoms with E-state index in [1.54, 1.807) is 23.6 Å². The normalized spacial score (nSPS) is 15.0. The van der Waals surface area contributed by atoms with Crippen LogP contribution in [-0.4, -0.2) is 39.4 Å². The summed E-state index contributed by atoms with van der Waals surface area (Å²) in [5.41, 5.74) is 3.25. The highest BCUT2D eigenvalue weighted by Crippen LogP contribution is 2.28. The summed E-state index contributed by atoms with van der Waals surface area (Å²) in [4.78, 5) is 27.7. The number of aromatic amines is 1. The Balaban J connectivity index is 1.56. The van der Waals surface area contributed by atoms with Gasteiger partial charge in [0.05, 0.1) is 16.7 Å². The lowest BCUT2D eigenvalue weighted by Crippen LogP contribution is -2.25. The Hall–Kier alpha value is -2.25. The molecule has 112 valence electrons. The van der Waals surface area contributed by atoms with E-state index in [2.05, 4.69) is 32.2 Å². The molecular weight excluding hydrogens is 298 g/mol. The van der Waals surface area contributed by atoms with E-state index in [0.29, 0.717) is 10.8 Å². The molecule has 0 aromatic carbocycles. The summed E-state index contributed by atoms with van der Waals surface area (Å²) in [7, 11) is 2.10. The van der Waals surface area contributed by atoms with Gasteiger partial charge in [0.1, 0.15) is 5.69 Å². The summed E-state index contributed by atoms with van der Waals surface area (Å²) in [5, 5.41) is 3.55. The highest BCUT2D eigenvalue weighted by Gasteiger charge is 2.20. The van der Waals surface area contributed by atoms with E-state index in [-0.39, 0.29) is 5.91 Å². The van der Waals surface area contributed by atoms with Gasteiger partial charge in [0.15, 0.2) is 5.13 Å². The Kier molecular flexibility index (Phi) is 3.16. The molecule has 2 N–H and O–H groups in total.